The Balaban J connectivity index is 2.13. The van der Waals surface area contributed by atoms with Crippen LogP contribution in [0.3, 0.4) is 0 Å². The summed E-state index contributed by atoms with van der Waals surface area (Å²) in [6, 6.07) is 9.92. The number of amides is 1. The molecule has 0 bridgehead atoms. The molecule has 0 aliphatic rings. The van der Waals surface area contributed by atoms with Crippen LogP contribution in [0.15, 0.2) is 30.3 Å². The number of nitrogens with two attached hydrogens (primary N) is 1. The van der Waals surface area contributed by atoms with E-state index < -0.39 is 0 Å². The standard InChI is InChI=1S/C13H20N2OS/c1-11(7-14)9-17-10-13(16)15-8-12-5-3-2-4-6-12/h2-6,11H,7-10,14H2,1H3,(H,15,16). The zero-order chi connectivity index (χ0) is 12.5. The second kappa shape index (κ2) is 8.14. The summed E-state index contributed by atoms with van der Waals surface area (Å²) in [5.74, 6) is 2.01. The molecule has 1 amide bonds. The normalized spacial score (nSPS) is 12.1. The lowest BCUT2D eigenvalue weighted by Gasteiger charge is -2.08. The second-order valence-electron chi connectivity index (χ2n) is 4.12. The lowest BCUT2D eigenvalue weighted by atomic mass is 10.2. The van der Waals surface area contributed by atoms with E-state index in [0.29, 0.717) is 24.8 Å². The van der Waals surface area contributed by atoms with Crippen LogP contribution < -0.4 is 11.1 Å². The molecule has 0 heterocycles. The molecular formula is C13H20N2OS. The number of hydrogen-bond donors (Lipinski definition) is 2. The Kier molecular flexibility index (Phi) is 6.74. The summed E-state index contributed by atoms with van der Waals surface area (Å²) in [6.07, 6.45) is 0. The Morgan fingerprint density at radius 2 is 2.12 bits per heavy atom. The van der Waals surface area contributed by atoms with E-state index in [1.54, 1.807) is 11.8 Å². The summed E-state index contributed by atoms with van der Waals surface area (Å²) in [5, 5.41) is 2.90. The number of thioether (sulfide) groups is 1. The van der Waals surface area contributed by atoms with Gasteiger partial charge < -0.3 is 11.1 Å². The van der Waals surface area contributed by atoms with Crippen LogP contribution in [-0.2, 0) is 11.3 Å². The maximum absolute atomic E-state index is 11.5. The van der Waals surface area contributed by atoms with Gasteiger partial charge in [0.1, 0.15) is 0 Å². The smallest absolute Gasteiger partial charge is 0.230 e. The number of carbonyl (C=O) groups excluding carboxylic acids is 1. The van der Waals surface area contributed by atoms with Crippen molar-refractivity contribution in [2.75, 3.05) is 18.1 Å². The SMILES string of the molecule is CC(CN)CSCC(=O)NCc1ccccc1. The van der Waals surface area contributed by atoms with E-state index in [-0.39, 0.29) is 5.91 Å². The fourth-order valence-corrected chi connectivity index (χ4v) is 2.21. The Labute approximate surface area is 107 Å². The highest BCUT2D eigenvalue weighted by Gasteiger charge is 2.04. The number of benzene rings is 1. The molecule has 3 nitrogen and oxygen atoms in total. The van der Waals surface area contributed by atoms with Crippen LogP contribution >= 0.6 is 11.8 Å². The maximum Gasteiger partial charge on any atom is 0.230 e. The van der Waals surface area contributed by atoms with E-state index in [2.05, 4.69) is 12.2 Å². The van der Waals surface area contributed by atoms with Gasteiger partial charge in [-0.05, 0) is 23.8 Å². The molecule has 0 saturated heterocycles. The molecule has 3 N–H and O–H groups in total. The van der Waals surface area contributed by atoms with Crippen molar-refractivity contribution in [2.24, 2.45) is 11.7 Å². The van der Waals surface area contributed by atoms with Crippen molar-refractivity contribution in [3.05, 3.63) is 35.9 Å². The van der Waals surface area contributed by atoms with Gasteiger partial charge in [-0.15, -0.1) is 0 Å². The fraction of sp³-hybridized carbons (Fsp3) is 0.462. The molecule has 0 fully saturated rings. The molecular weight excluding hydrogens is 232 g/mol. The second-order valence-corrected chi connectivity index (χ2v) is 5.15. The third-order valence-electron chi connectivity index (χ3n) is 2.37. The van der Waals surface area contributed by atoms with Crippen LogP contribution in [0.4, 0.5) is 0 Å². The molecule has 94 valence electrons. The van der Waals surface area contributed by atoms with Crippen LogP contribution in [0.1, 0.15) is 12.5 Å². The van der Waals surface area contributed by atoms with Gasteiger partial charge in [-0.2, -0.15) is 11.8 Å². The zero-order valence-corrected chi connectivity index (χ0v) is 11.0. The maximum atomic E-state index is 11.5. The average Bonchev–Trinajstić information content (AvgIpc) is 2.37. The van der Waals surface area contributed by atoms with Crippen molar-refractivity contribution in [3.63, 3.8) is 0 Å². The van der Waals surface area contributed by atoms with Crippen molar-refractivity contribution in [1.82, 2.24) is 5.32 Å². The zero-order valence-electron chi connectivity index (χ0n) is 10.2. The topological polar surface area (TPSA) is 55.1 Å². The molecule has 4 heteroatoms. The first-order chi connectivity index (χ1) is 8.22. The molecule has 1 atom stereocenters. The van der Waals surface area contributed by atoms with E-state index in [4.69, 9.17) is 5.73 Å². The van der Waals surface area contributed by atoms with Crippen molar-refractivity contribution in [1.29, 1.82) is 0 Å². The molecule has 0 aromatic heterocycles. The van der Waals surface area contributed by atoms with Crippen LogP contribution in [0.2, 0.25) is 0 Å². The lowest BCUT2D eigenvalue weighted by Crippen LogP contribution is -2.25. The van der Waals surface area contributed by atoms with Gasteiger partial charge in [0.2, 0.25) is 5.91 Å². The summed E-state index contributed by atoms with van der Waals surface area (Å²) >= 11 is 1.64. The number of hydrogen-bond acceptors (Lipinski definition) is 3. The van der Waals surface area contributed by atoms with E-state index in [1.165, 1.54) is 0 Å². The Morgan fingerprint density at radius 3 is 2.76 bits per heavy atom. The highest BCUT2D eigenvalue weighted by Crippen LogP contribution is 2.06. The minimum absolute atomic E-state index is 0.0862. The Hall–Kier alpha value is -1.00. The van der Waals surface area contributed by atoms with Crippen molar-refractivity contribution < 1.29 is 4.79 Å². The first-order valence-electron chi connectivity index (χ1n) is 5.80. The van der Waals surface area contributed by atoms with Crippen molar-refractivity contribution in [2.45, 2.75) is 13.5 Å². The molecule has 1 unspecified atom stereocenters. The molecule has 0 radical (unpaired) electrons. The van der Waals surface area contributed by atoms with E-state index >= 15 is 0 Å². The van der Waals surface area contributed by atoms with Gasteiger partial charge in [0.05, 0.1) is 5.75 Å². The first-order valence-corrected chi connectivity index (χ1v) is 6.96. The molecule has 0 aliphatic carbocycles. The van der Waals surface area contributed by atoms with Gasteiger partial charge in [0, 0.05) is 6.54 Å². The van der Waals surface area contributed by atoms with Gasteiger partial charge in [-0.25, -0.2) is 0 Å². The number of carbonyl (C=O) groups is 1. The van der Waals surface area contributed by atoms with Gasteiger partial charge >= 0.3 is 0 Å². The minimum Gasteiger partial charge on any atom is -0.351 e. The molecule has 0 spiro atoms. The summed E-state index contributed by atoms with van der Waals surface area (Å²) in [4.78, 5) is 11.5. The molecule has 0 aliphatic heterocycles. The highest BCUT2D eigenvalue weighted by atomic mass is 32.2. The van der Waals surface area contributed by atoms with E-state index in [1.807, 2.05) is 30.3 Å². The number of rotatable bonds is 7. The van der Waals surface area contributed by atoms with E-state index in [0.717, 1.165) is 11.3 Å². The summed E-state index contributed by atoms with van der Waals surface area (Å²) in [7, 11) is 0. The van der Waals surface area contributed by atoms with Crippen LogP contribution in [0.25, 0.3) is 0 Å². The Bertz CT molecular complexity index is 329. The van der Waals surface area contributed by atoms with Gasteiger partial charge in [0.15, 0.2) is 0 Å². The summed E-state index contributed by atoms with van der Waals surface area (Å²) in [5.41, 5.74) is 6.64. The fourth-order valence-electron chi connectivity index (χ4n) is 1.27. The van der Waals surface area contributed by atoms with Gasteiger partial charge in [-0.3, -0.25) is 4.79 Å². The Morgan fingerprint density at radius 1 is 1.41 bits per heavy atom. The van der Waals surface area contributed by atoms with E-state index in [9.17, 15) is 4.79 Å². The largest absolute Gasteiger partial charge is 0.351 e. The highest BCUT2D eigenvalue weighted by molar-refractivity contribution is 7.99. The van der Waals surface area contributed by atoms with Crippen LogP contribution in [-0.4, -0.2) is 24.0 Å². The molecule has 1 aromatic carbocycles. The summed E-state index contributed by atoms with van der Waals surface area (Å²) < 4.78 is 0. The molecule has 1 aromatic rings. The third-order valence-corrected chi connectivity index (χ3v) is 3.64. The third kappa shape index (κ3) is 6.34. The van der Waals surface area contributed by atoms with Crippen molar-refractivity contribution >= 4 is 17.7 Å². The predicted octanol–water partition coefficient (Wildman–Crippen LogP) is 1.63. The van der Waals surface area contributed by atoms with Crippen LogP contribution in [0.5, 0.6) is 0 Å². The van der Waals surface area contributed by atoms with Gasteiger partial charge in [0.25, 0.3) is 0 Å². The quantitative estimate of drug-likeness (QED) is 0.775. The lowest BCUT2D eigenvalue weighted by molar-refractivity contribution is -0.118. The predicted molar refractivity (Wildman–Crippen MR) is 73.8 cm³/mol. The molecule has 17 heavy (non-hydrogen) atoms. The first kappa shape index (κ1) is 14.1. The number of nitrogens with one attached hydrogen (secondary N) is 1. The minimum atomic E-state index is 0.0862. The molecule has 0 saturated carbocycles. The van der Waals surface area contributed by atoms with Crippen LogP contribution in [0, 0.1) is 5.92 Å². The molecule has 1 rings (SSSR count). The average molecular weight is 252 g/mol. The van der Waals surface area contributed by atoms with Gasteiger partial charge in [-0.1, -0.05) is 37.3 Å². The monoisotopic (exact) mass is 252 g/mol. The summed E-state index contributed by atoms with van der Waals surface area (Å²) in [6.45, 7) is 3.38. The van der Waals surface area contributed by atoms with Crippen molar-refractivity contribution in [3.8, 4) is 0 Å².